The second-order valence-electron chi connectivity index (χ2n) is 5.46. The van der Waals surface area contributed by atoms with Crippen LogP contribution in [0.1, 0.15) is 11.3 Å². The summed E-state index contributed by atoms with van der Waals surface area (Å²) in [5.41, 5.74) is 2.32. The van der Waals surface area contributed by atoms with Gasteiger partial charge in [0, 0.05) is 26.2 Å². The third kappa shape index (κ3) is 2.74. The molecule has 104 valence electrons. The van der Waals surface area contributed by atoms with Gasteiger partial charge in [-0.1, -0.05) is 18.2 Å². The maximum absolute atomic E-state index is 5.83. The molecule has 2 heterocycles. The van der Waals surface area contributed by atoms with Crippen LogP contribution in [-0.2, 0) is 12.8 Å². The summed E-state index contributed by atoms with van der Waals surface area (Å²) in [5, 5.41) is 0. The summed E-state index contributed by atoms with van der Waals surface area (Å²) in [6, 6.07) is 8.27. The van der Waals surface area contributed by atoms with Gasteiger partial charge in [0.1, 0.15) is 11.6 Å². The zero-order valence-corrected chi connectivity index (χ0v) is 11.9. The van der Waals surface area contributed by atoms with E-state index in [1.807, 2.05) is 37.3 Å². The number of fused-ring (bicyclic) bond motifs is 1. The van der Waals surface area contributed by atoms with E-state index in [0.717, 1.165) is 36.7 Å². The van der Waals surface area contributed by atoms with Crippen molar-refractivity contribution >= 4 is 5.82 Å². The maximum atomic E-state index is 5.83. The quantitative estimate of drug-likeness (QED) is 0.857. The molecule has 20 heavy (non-hydrogen) atoms. The van der Waals surface area contributed by atoms with E-state index < -0.39 is 0 Å². The SMILES string of the molecule is CN(C)c1cncc(C[C@@H]2COc3ccccc3C2)n1. The molecule has 4 heteroatoms. The van der Waals surface area contributed by atoms with E-state index in [9.17, 15) is 0 Å². The third-order valence-corrected chi connectivity index (χ3v) is 3.58. The first-order chi connectivity index (χ1) is 9.72. The van der Waals surface area contributed by atoms with E-state index >= 15 is 0 Å². The largest absolute Gasteiger partial charge is 0.493 e. The Hall–Kier alpha value is -2.10. The number of hydrogen-bond acceptors (Lipinski definition) is 4. The molecule has 0 amide bonds. The Balaban J connectivity index is 1.72. The summed E-state index contributed by atoms with van der Waals surface area (Å²) in [4.78, 5) is 10.9. The van der Waals surface area contributed by atoms with E-state index in [1.54, 1.807) is 6.20 Å². The average molecular weight is 269 g/mol. The van der Waals surface area contributed by atoms with Gasteiger partial charge in [-0.05, 0) is 24.5 Å². The molecule has 0 aliphatic carbocycles. The van der Waals surface area contributed by atoms with E-state index in [0.29, 0.717) is 5.92 Å². The van der Waals surface area contributed by atoms with Crippen molar-refractivity contribution in [1.82, 2.24) is 9.97 Å². The first-order valence-corrected chi connectivity index (χ1v) is 6.91. The van der Waals surface area contributed by atoms with Crippen LogP contribution in [0.15, 0.2) is 36.7 Å². The molecule has 0 bridgehead atoms. The fourth-order valence-corrected chi connectivity index (χ4v) is 2.53. The predicted octanol–water partition coefficient (Wildman–Crippen LogP) is 2.34. The van der Waals surface area contributed by atoms with Crippen LogP contribution in [0.25, 0.3) is 0 Å². The molecule has 1 aliphatic heterocycles. The molecule has 1 aliphatic rings. The molecule has 0 spiro atoms. The molecule has 1 atom stereocenters. The normalized spacial score (nSPS) is 17.2. The standard InChI is InChI=1S/C16H19N3O/c1-19(2)16-10-17-9-14(18-16)8-12-7-13-5-3-4-6-15(13)20-11-12/h3-6,9-10,12H,7-8,11H2,1-2H3/t12-/m1/s1. The van der Waals surface area contributed by atoms with Crippen molar-refractivity contribution in [2.24, 2.45) is 5.92 Å². The van der Waals surface area contributed by atoms with Gasteiger partial charge in [0.2, 0.25) is 0 Å². The van der Waals surface area contributed by atoms with Crippen molar-refractivity contribution in [3.05, 3.63) is 47.9 Å². The van der Waals surface area contributed by atoms with Crippen molar-refractivity contribution in [2.45, 2.75) is 12.8 Å². The van der Waals surface area contributed by atoms with Crippen LogP contribution in [0.5, 0.6) is 5.75 Å². The molecule has 0 radical (unpaired) electrons. The van der Waals surface area contributed by atoms with Gasteiger partial charge in [-0.3, -0.25) is 4.98 Å². The highest BCUT2D eigenvalue weighted by atomic mass is 16.5. The van der Waals surface area contributed by atoms with Gasteiger partial charge in [0.05, 0.1) is 18.5 Å². The minimum Gasteiger partial charge on any atom is -0.493 e. The first-order valence-electron chi connectivity index (χ1n) is 6.91. The molecule has 0 unspecified atom stereocenters. The van der Waals surface area contributed by atoms with Crippen LogP contribution in [-0.4, -0.2) is 30.7 Å². The van der Waals surface area contributed by atoms with Gasteiger partial charge in [-0.2, -0.15) is 0 Å². The minimum atomic E-state index is 0.469. The maximum Gasteiger partial charge on any atom is 0.146 e. The van der Waals surface area contributed by atoms with E-state index in [-0.39, 0.29) is 0 Å². The monoisotopic (exact) mass is 269 g/mol. The van der Waals surface area contributed by atoms with Crippen LogP contribution in [0.2, 0.25) is 0 Å². The number of aromatic nitrogens is 2. The Kier molecular flexibility index (Phi) is 3.54. The Morgan fingerprint density at radius 2 is 2.10 bits per heavy atom. The molecule has 0 saturated heterocycles. The van der Waals surface area contributed by atoms with Gasteiger partial charge < -0.3 is 9.64 Å². The van der Waals surface area contributed by atoms with Crippen LogP contribution < -0.4 is 9.64 Å². The summed E-state index contributed by atoms with van der Waals surface area (Å²) in [5.74, 6) is 2.40. The highest BCUT2D eigenvalue weighted by Gasteiger charge is 2.20. The van der Waals surface area contributed by atoms with E-state index in [1.165, 1.54) is 5.56 Å². The highest BCUT2D eigenvalue weighted by Crippen LogP contribution is 2.28. The lowest BCUT2D eigenvalue weighted by Gasteiger charge is -2.25. The number of ether oxygens (including phenoxy) is 1. The molecule has 4 nitrogen and oxygen atoms in total. The smallest absolute Gasteiger partial charge is 0.146 e. The van der Waals surface area contributed by atoms with Crippen molar-refractivity contribution in [3.8, 4) is 5.75 Å². The number of benzene rings is 1. The van der Waals surface area contributed by atoms with Gasteiger partial charge in [0.25, 0.3) is 0 Å². The molecule has 0 N–H and O–H groups in total. The molecule has 0 saturated carbocycles. The molecule has 1 aromatic carbocycles. The Bertz CT molecular complexity index is 598. The van der Waals surface area contributed by atoms with E-state index in [2.05, 4.69) is 22.1 Å². The lowest BCUT2D eigenvalue weighted by molar-refractivity contribution is 0.220. The molecule has 2 aromatic rings. The van der Waals surface area contributed by atoms with Crippen molar-refractivity contribution in [3.63, 3.8) is 0 Å². The average Bonchev–Trinajstić information content (AvgIpc) is 2.47. The second-order valence-corrected chi connectivity index (χ2v) is 5.46. The van der Waals surface area contributed by atoms with Gasteiger partial charge in [-0.15, -0.1) is 0 Å². The zero-order valence-electron chi connectivity index (χ0n) is 11.9. The van der Waals surface area contributed by atoms with Gasteiger partial charge >= 0.3 is 0 Å². The summed E-state index contributed by atoms with van der Waals surface area (Å²) in [6.07, 6.45) is 5.59. The first kappa shape index (κ1) is 12.9. The molecular weight excluding hydrogens is 250 g/mol. The fourth-order valence-electron chi connectivity index (χ4n) is 2.53. The molecular formula is C16H19N3O. The molecule has 3 rings (SSSR count). The number of nitrogens with zero attached hydrogens (tertiary/aromatic N) is 3. The highest BCUT2D eigenvalue weighted by molar-refractivity contribution is 5.36. The number of anilines is 1. The lowest BCUT2D eigenvalue weighted by Crippen LogP contribution is -2.23. The second kappa shape index (κ2) is 5.49. The molecule has 1 aromatic heterocycles. The number of para-hydroxylation sites is 1. The van der Waals surface area contributed by atoms with Crippen molar-refractivity contribution in [2.75, 3.05) is 25.6 Å². The predicted molar refractivity (Wildman–Crippen MR) is 79.2 cm³/mol. The number of hydrogen-bond donors (Lipinski definition) is 0. The summed E-state index contributed by atoms with van der Waals surface area (Å²) in [6.45, 7) is 0.755. The Morgan fingerprint density at radius 3 is 2.95 bits per heavy atom. The zero-order chi connectivity index (χ0) is 13.9. The lowest BCUT2D eigenvalue weighted by atomic mass is 9.93. The fraction of sp³-hybridized carbons (Fsp3) is 0.375. The summed E-state index contributed by atoms with van der Waals surface area (Å²) in [7, 11) is 3.96. The minimum absolute atomic E-state index is 0.469. The van der Waals surface area contributed by atoms with Crippen LogP contribution in [0, 0.1) is 5.92 Å². The molecule has 0 fully saturated rings. The summed E-state index contributed by atoms with van der Waals surface area (Å²) >= 11 is 0. The van der Waals surface area contributed by atoms with Crippen molar-refractivity contribution < 1.29 is 4.74 Å². The van der Waals surface area contributed by atoms with Crippen LogP contribution in [0.3, 0.4) is 0 Å². The van der Waals surface area contributed by atoms with Crippen LogP contribution >= 0.6 is 0 Å². The van der Waals surface area contributed by atoms with Gasteiger partial charge in [-0.25, -0.2) is 4.98 Å². The Morgan fingerprint density at radius 1 is 1.25 bits per heavy atom. The van der Waals surface area contributed by atoms with Crippen LogP contribution in [0.4, 0.5) is 5.82 Å². The number of rotatable bonds is 3. The van der Waals surface area contributed by atoms with E-state index in [4.69, 9.17) is 4.74 Å². The van der Waals surface area contributed by atoms with Crippen molar-refractivity contribution in [1.29, 1.82) is 0 Å². The summed E-state index contributed by atoms with van der Waals surface area (Å²) < 4.78 is 5.83. The van der Waals surface area contributed by atoms with Gasteiger partial charge in [0.15, 0.2) is 0 Å². The third-order valence-electron chi connectivity index (χ3n) is 3.58. The topological polar surface area (TPSA) is 38.2 Å². The Labute approximate surface area is 119 Å².